The molecule has 4 rings (SSSR count). The second-order valence-corrected chi connectivity index (χ2v) is 6.61. The SMILES string of the molecule is Cc1ccc(N2C(=O)[C@@H]3[C@@H](C2=O)[C@]2(C)C=C[C@]3(C)O2)cc1. The summed E-state index contributed by atoms with van der Waals surface area (Å²) >= 11 is 0. The predicted octanol–water partition coefficient (Wildman–Crippen LogP) is 2.22. The van der Waals surface area contributed by atoms with Crippen LogP contribution in [-0.2, 0) is 14.3 Å². The largest absolute Gasteiger partial charge is 0.359 e. The molecule has 4 heteroatoms. The number of ether oxygens (including phenoxy) is 1. The summed E-state index contributed by atoms with van der Waals surface area (Å²) in [6.45, 7) is 5.76. The van der Waals surface area contributed by atoms with Crippen molar-refractivity contribution in [2.24, 2.45) is 11.8 Å². The molecular formula is C17H17NO3. The number of aryl methyl sites for hydroxylation is 1. The molecule has 21 heavy (non-hydrogen) atoms. The molecule has 0 saturated carbocycles. The first kappa shape index (κ1) is 12.8. The van der Waals surface area contributed by atoms with Gasteiger partial charge in [-0.05, 0) is 32.9 Å². The Balaban J connectivity index is 1.80. The van der Waals surface area contributed by atoms with E-state index in [1.54, 1.807) is 0 Å². The molecule has 1 aromatic rings. The summed E-state index contributed by atoms with van der Waals surface area (Å²) in [7, 11) is 0. The van der Waals surface area contributed by atoms with Gasteiger partial charge in [-0.2, -0.15) is 0 Å². The Morgan fingerprint density at radius 2 is 1.43 bits per heavy atom. The fraction of sp³-hybridized carbons (Fsp3) is 0.412. The molecule has 1 aromatic carbocycles. The first-order chi connectivity index (χ1) is 9.86. The summed E-state index contributed by atoms with van der Waals surface area (Å²) in [6, 6.07) is 7.48. The van der Waals surface area contributed by atoms with E-state index in [1.807, 2.05) is 57.2 Å². The van der Waals surface area contributed by atoms with Gasteiger partial charge in [0, 0.05) is 0 Å². The van der Waals surface area contributed by atoms with Crippen molar-refractivity contribution in [2.75, 3.05) is 4.90 Å². The molecule has 3 heterocycles. The van der Waals surface area contributed by atoms with E-state index in [0.29, 0.717) is 5.69 Å². The van der Waals surface area contributed by atoms with Crippen LogP contribution in [0.2, 0.25) is 0 Å². The van der Waals surface area contributed by atoms with Crippen LogP contribution in [0.5, 0.6) is 0 Å². The second-order valence-electron chi connectivity index (χ2n) is 6.61. The minimum absolute atomic E-state index is 0.149. The summed E-state index contributed by atoms with van der Waals surface area (Å²) in [5.41, 5.74) is 0.427. The molecule has 0 spiro atoms. The lowest BCUT2D eigenvalue weighted by Gasteiger charge is -2.25. The molecule has 0 N–H and O–H groups in total. The van der Waals surface area contributed by atoms with Gasteiger partial charge in [0.15, 0.2) is 0 Å². The third-order valence-corrected chi connectivity index (χ3v) is 5.02. The number of rotatable bonds is 1. The van der Waals surface area contributed by atoms with Gasteiger partial charge in [-0.15, -0.1) is 0 Å². The van der Waals surface area contributed by atoms with Gasteiger partial charge in [0.2, 0.25) is 11.8 Å². The van der Waals surface area contributed by atoms with Gasteiger partial charge < -0.3 is 4.74 Å². The maximum absolute atomic E-state index is 12.8. The van der Waals surface area contributed by atoms with Gasteiger partial charge in [0.1, 0.15) is 0 Å². The fourth-order valence-electron chi connectivity index (χ4n) is 3.98. The first-order valence-corrected chi connectivity index (χ1v) is 7.21. The van der Waals surface area contributed by atoms with Crippen molar-refractivity contribution in [3.63, 3.8) is 0 Å². The molecule has 0 aliphatic carbocycles. The van der Waals surface area contributed by atoms with Crippen molar-refractivity contribution in [1.29, 1.82) is 0 Å². The van der Waals surface area contributed by atoms with E-state index in [1.165, 1.54) is 4.90 Å². The Hall–Kier alpha value is -1.94. The molecular weight excluding hydrogens is 266 g/mol. The van der Waals surface area contributed by atoms with E-state index in [0.717, 1.165) is 5.56 Å². The monoisotopic (exact) mass is 283 g/mol. The average Bonchev–Trinajstić information content (AvgIpc) is 2.97. The summed E-state index contributed by atoms with van der Waals surface area (Å²) < 4.78 is 5.98. The molecule has 0 aromatic heterocycles. The molecule has 2 saturated heterocycles. The summed E-state index contributed by atoms with van der Waals surface area (Å²) in [6.07, 6.45) is 3.86. The molecule has 108 valence electrons. The Bertz CT molecular complexity index is 656. The van der Waals surface area contributed by atoms with E-state index in [-0.39, 0.29) is 11.8 Å². The molecule has 2 fully saturated rings. The van der Waals surface area contributed by atoms with Crippen LogP contribution in [0.3, 0.4) is 0 Å². The topological polar surface area (TPSA) is 46.6 Å². The van der Waals surface area contributed by atoms with Crippen molar-refractivity contribution in [1.82, 2.24) is 0 Å². The van der Waals surface area contributed by atoms with Crippen LogP contribution in [0.15, 0.2) is 36.4 Å². The van der Waals surface area contributed by atoms with E-state index in [2.05, 4.69) is 0 Å². The van der Waals surface area contributed by atoms with E-state index >= 15 is 0 Å². The van der Waals surface area contributed by atoms with Crippen LogP contribution >= 0.6 is 0 Å². The van der Waals surface area contributed by atoms with Gasteiger partial charge in [0.05, 0.1) is 28.7 Å². The molecule has 3 aliphatic rings. The number of imide groups is 1. The highest BCUT2D eigenvalue weighted by molar-refractivity contribution is 6.23. The molecule has 3 aliphatic heterocycles. The lowest BCUT2D eigenvalue weighted by atomic mass is 9.73. The summed E-state index contributed by atoms with van der Waals surface area (Å²) in [4.78, 5) is 27.0. The van der Waals surface area contributed by atoms with E-state index in [4.69, 9.17) is 4.74 Å². The zero-order chi connectivity index (χ0) is 15.0. The molecule has 0 radical (unpaired) electrons. The van der Waals surface area contributed by atoms with Crippen molar-refractivity contribution >= 4 is 17.5 Å². The maximum Gasteiger partial charge on any atom is 0.241 e. The molecule has 0 unspecified atom stereocenters. The minimum atomic E-state index is -0.661. The smallest absolute Gasteiger partial charge is 0.241 e. The number of amides is 2. The second kappa shape index (κ2) is 3.63. The fourth-order valence-corrected chi connectivity index (χ4v) is 3.98. The number of hydrogen-bond donors (Lipinski definition) is 0. The van der Waals surface area contributed by atoms with Crippen molar-refractivity contribution in [2.45, 2.75) is 32.0 Å². The lowest BCUT2D eigenvalue weighted by Crippen LogP contribution is -2.39. The predicted molar refractivity (Wildman–Crippen MR) is 77.7 cm³/mol. The Labute approximate surface area is 123 Å². The third kappa shape index (κ3) is 1.43. The molecule has 4 nitrogen and oxygen atoms in total. The highest BCUT2D eigenvalue weighted by atomic mass is 16.5. The van der Waals surface area contributed by atoms with Crippen LogP contribution in [0.25, 0.3) is 0 Å². The van der Waals surface area contributed by atoms with Crippen LogP contribution in [0, 0.1) is 18.8 Å². The number of hydrogen-bond acceptors (Lipinski definition) is 3. The standard InChI is InChI=1S/C17H17NO3/c1-10-4-6-11(7-5-10)18-14(19)12-13(15(18)20)17(3)9-8-16(12,2)21-17/h4-9,12-13H,1-3H3/t12-,13-,16-,17-/m0/s1. The van der Waals surface area contributed by atoms with Crippen LogP contribution in [0.4, 0.5) is 5.69 Å². The summed E-state index contributed by atoms with van der Waals surface area (Å²) in [5.74, 6) is -1.13. The number of anilines is 1. The number of carbonyl (C=O) groups is 2. The third-order valence-electron chi connectivity index (χ3n) is 5.02. The zero-order valence-corrected chi connectivity index (χ0v) is 12.3. The van der Waals surface area contributed by atoms with Crippen molar-refractivity contribution in [3.05, 3.63) is 42.0 Å². The average molecular weight is 283 g/mol. The Kier molecular flexibility index (Phi) is 2.21. The number of nitrogens with zero attached hydrogens (tertiary/aromatic N) is 1. The number of fused-ring (bicyclic) bond motifs is 5. The first-order valence-electron chi connectivity index (χ1n) is 7.21. The van der Waals surface area contributed by atoms with Crippen molar-refractivity contribution < 1.29 is 14.3 Å². The lowest BCUT2D eigenvalue weighted by molar-refractivity contribution is -0.128. The highest BCUT2D eigenvalue weighted by Gasteiger charge is 2.70. The Morgan fingerprint density at radius 1 is 0.952 bits per heavy atom. The quantitative estimate of drug-likeness (QED) is 0.586. The van der Waals surface area contributed by atoms with Gasteiger partial charge in [-0.1, -0.05) is 29.8 Å². The van der Waals surface area contributed by atoms with Gasteiger partial charge in [-0.25, -0.2) is 4.90 Å². The van der Waals surface area contributed by atoms with E-state index < -0.39 is 23.0 Å². The molecule has 4 atom stereocenters. The van der Waals surface area contributed by atoms with Gasteiger partial charge in [0.25, 0.3) is 0 Å². The normalized spacial score (nSPS) is 40.2. The minimum Gasteiger partial charge on any atom is -0.359 e. The van der Waals surface area contributed by atoms with Crippen LogP contribution in [-0.4, -0.2) is 23.0 Å². The van der Waals surface area contributed by atoms with Crippen LogP contribution < -0.4 is 4.90 Å². The van der Waals surface area contributed by atoms with Crippen LogP contribution in [0.1, 0.15) is 19.4 Å². The molecule has 2 bridgehead atoms. The maximum atomic E-state index is 12.8. The van der Waals surface area contributed by atoms with Gasteiger partial charge in [-0.3, -0.25) is 9.59 Å². The van der Waals surface area contributed by atoms with Gasteiger partial charge >= 0.3 is 0 Å². The molecule has 2 amide bonds. The Morgan fingerprint density at radius 3 is 1.90 bits per heavy atom. The van der Waals surface area contributed by atoms with Crippen molar-refractivity contribution in [3.8, 4) is 0 Å². The number of benzene rings is 1. The number of carbonyl (C=O) groups excluding carboxylic acids is 2. The highest BCUT2D eigenvalue weighted by Crippen LogP contribution is 2.57. The summed E-state index contributed by atoms with van der Waals surface area (Å²) in [5, 5.41) is 0. The van der Waals surface area contributed by atoms with E-state index in [9.17, 15) is 9.59 Å². The zero-order valence-electron chi connectivity index (χ0n) is 12.3.